The number of pyridine rings is 1. The number of nitrogens with zero attached hydrogens (tertiary/aromatic N) is 1. The molecule has 1 atom stereocenters. The van der Waals surface area contributed by atoms with Gasteiger partial charge in [0.15, 0.2) is 0 Å². The van der Waals surface area contributed by atoms with Gasteiger partial charge in [-0.25, -0.2) is 4.98 Å². The summed E-state index contributed by atoms with van der Waals surface area (Å²) in [6.07, 6.45) is -1.51. The van der Waals surface area contributed by atoms with Crippen LogP contribution in [0.25, 0.3) is 0 Å². The fraction of sp³-hybridized carbons (Fsp3) is 0.368. The Bertz CT molecular complexity index is 775. The maximum Gasteiger partial charge on any atom is 0.417 e. The highest BCUT2D eigenvalue weighted by Gasteiger charge is 2.33. The molecule has 2 aromatic rings. The molecule has 1 amide bonds. The number of halogens is 3. The van der Waals surface area contributed by atoms with Crippen LogP contribution in [-0.2, 0) is 11.0 Å². The van der Waals surface area contributed by atoms with E-state index in [2.05, 4.69) is 10.3 Å². The number of carbonyl (C=O) groups excluding carboxylic acids is 1. The van der Waals surface area contributed by atoms with Gasteiger partial charge >= 0.3 is 6.18 Å². The zero-order valence-corrected chi connectivity index (χ0v) is 15.4. The summed E-state index contributed by atoms with van der Waals surface area (Å²) in [7, 11) is 1.60. The van der Waals surface area contributed by atoms with Gasteiger partial charge in [-0.15, -0.1) is 0 Å². The zero-order valence-electron chi connectivity index (χ0n) is 14.6. The highest BCUT2D eigenvalue weighted by molar-refractivity contribution is 7.99. The molecule has 27 heavy (non-hydrogen) atoms. The highest BCUT2D eigenvalue weighted by Crippen LogP contribution is 2.41. The van der Waals surface area contributed by atoms with E-state index in [1.807, 2.05) is 24.3 Å². The van der Waals surface area contributed by atoms with E-state index < -0.39 is 11.7 Å². The summed E-state index contributed by atoms with van der Waals surface area (Å²) in [5.74, 6) is 1.09. The molecule has 1 heterocycles. The van der Waals surface area contributed by atoms with Gasteiger partial charge in [0.1, 0.15) is 5.75 Å². The summed E-state index contributed by atoms with van der Waals surface area (Å²) in [6.45, 7) is 0. The zero-order chi connectivity index (χ0) is 19.4. The third-order valence-electron chi connectivity index (χ3n) is 4.30. The lowest BCUT2D eigenvalue weighted by Crippen LogP contribution is -2.31. The van der Waals surface area contributed by atoms with E-state index >= 15 is 0 Å². The lowest BCUT2D eigenvalue weighted by atomic mass is 10.0. The van der Waals surface area contributed by atoms with Crippen molar-refractivity contribution in [2.75, 3.05) is 12.9 Å². The van der Waals surface area contributed by atoms with Crippen LogP contribution in [0.15, 0.2) is 47.6 Å². The summed E-state index contributed by atoms with van der Waals surface area (Å²) in [6, 6.07) is 9.78. The van der Waals surface area contributed by atoms with Crippen LogP contribution < -0.4 is 10.1 Å². The van der Waals surface area contributed by atoms with Gasteiger partial charge in [0.2, 0.25) is 5.91 Å². The molecule has 1 aromatic carbocycles. The molecule has 144 valence electrons. The van der Waals surface area contributed by atoms with Crippen molar-refractivity contribution >= 4 is 17.7 Å². The van der Waals surface area contributed by atoms with Crippen molar-refractivity contribution < 1.29 is 22.7 Å². The van der Waals surface area contributed by atoms with Crippen LogP contribution in [0.4, 0.5) is 13.2 Å². The third-order valence-corrected chi connectivity index (χ3v) is 5.24. The number of rotatable bonds is 7. The summed E-state index contributed by atoms with van der Waals surface area (Å²) >= 11 is 1.11. The Kier molecular flexibility index (Phi) is 5.94. The molecule has 0 saturated heterocycles. The first-order valence-corrected chi connectivity index (χ1v) is 9.45. The molecule has 4 nitrogen and oxygen atoms in total. The standard InChI is InChI=1S/C19H19F3N2O2S/c1-26-15-7-4-13(5-8-15)18(12-2-3-12)24-16(25)11-27-17-9-6-14(10-23-17)19(20,21)22/h4-10,12,18H,2-3,11H2,1H3,(H,24,25). The van der Waals surface area contributed by atoms with E-state index in [1.165, 1.54) is 6.07 Å². The van der Waals surface area contributed by atoms with Crippen LogP contribution in [0.5, 0.6) is 5.75 Å². The number of aromatic nitrogens is 1. The summed E-state index contributed by atoms with van der Waals surface area (Å²) in [5.41, 5.74) is 0.217. The predicted octanol–water partition coefficient (Wildman–Crippen LogP) is 4.47. The third kappa shape index (κ3) is 5.38. The van der Waals surface area contributed by atoms with Gasteiger partial charge < -0.3 is 10.1 Å². The predicted molar refractivity (Wildman–Crippen MR) is 96.6 cm³/mol. The fourth-order valence-electron chi connectivity index (χ4n) is 2.70. The Labute approximate surface area is 159 Å². The number of thioether (sulfide) groups is 1. The van der Waals surface area contributed by atoms with E-state index in [0.29, 0.717) is 10.9 Å². The van der Waals surface area contributed by atoms with Crippen LogP contribution >= 0.6 is 11.8 Å². The SMILES string of the molecule is COc1ccc(C(NC(=O)CSc2ccc(C(F)(F)F)cn2)C2CC2)cc1. The number of benzene rings is 1. The van der Waals surface area contributed by atoms with Crippen LogP contribution in [-0.4, -0.2) is 23.8 Å². The maximum atomic E-state index is 12.5. The molecular formula is C19H19F3N2O2S. The molecule has 1 aliphatic carbocycles. The Balaban J connectivity index is 1.56. The first-order chi connectivity index (χ1) is 12.9. The monoisotopic (exact) mass is 396 g/mol. The molecule has 1 aliphatic rings. The number of alkyl halides is 3. The van der Waals surface area contributed by atoms with Crippen LogP contribution in [0, 0.1) is 5.92 Å². The van der Waals surface area contributed by atoms with Gasteiger partial charge in [-0.1, -0.05) is 23.9 Å². The Morgan fingerprint density at radius 2 is 1.96 bits per heavy atom. The largest absolute Gasteiger partial charge is 0.497 e. The van der Waals surface area contributed by atoms with Crippen LogP contribution in [0.2, 0.25) is 0 Å². The number of amides is 1. The van der Waals surface area contributed by atoms with E-state index in [4.69, 9.17) is 4.74 Å². The number of methoxy groups -OCH3 is 1. The first kappa shape index (κ1) is 19.5. The summed E-state index contributed by atoms with van der Waals surface area (Å²) in [4.78, 5) is 16.1. The molecule has 1 saturated carbocycles. The average Bonchev–Trinajstić information content (AvgIpc) is 3.49. The van der Waals surface area contributed by atoms with Gasteiger partial charge in [0.05, 0.1) is 29.5 Å². The lowest BCUT2D eigenvalue weighted by molar-refractivity contribution is -0.137. The average molecular weight is 396 g/mol. The molecule has 0 radical (unpaired) electrons. The highest BCUT2D eigenvalue weighted by atomic mass is 32.2. The molecule has 0 spiro atoms. The molecule has 1 aromatic heterocycles. The van der Waals surface area contributed by atoms with Crippen molar-refractivity contribution in [3.8, 4) is 5.75 Å². The number of hydrogen-bond acceptors (Lipinski definition) is 4. The normalized spacial score (nSPS) is 15.3. The minimum absolute atomic E-state index is 0.0652. The minimum Gasteiger partial charge on any atom is -0.497 e. The van der Waals surface area contributed by atoms with Crippen molar-refractivity contribution in [3.05, 3.63) is 53.7 Å². The molecule has 0 bridgehead atoms. The fourth-order valence-corrected chi connectivity index (χ4v) is 3.36. The summed E-state index contributed by atoms with van der Waals surface area (Å²) < 4.78 is 42.8. The van der Waals surface area contributed by atoms with Crippen LogP contribution in [0.1, 0.15) is 30.0 Å². The van der Waals surface area contributed by atoms with Gasteiger partial charge in [0, 0.05) is 6.20 Å². The van der Waals surface area contributed by atoms with Crippen LogP contribution in [0.3, 0.4) is 0 Å². The second kappa shape index (κ2) is 8.21. The molecule has 1 N–H and O–H groups in total. The van der Waals surface area contributed by atoms with E-state index in [9.17, 15) is 18.0 Å². The van der Waals surface area contributed by atoms with Crippen molar-refractivity contribution in [3.63, 3.8) is 0 Å². The number of hydrogen-bond donors (Lipinski definition) is 1. The molecule has 3 rings (SSSR count). The van der Waals surface area contributed by atoms with Gasteiger partial charge in [0.25, 0.3) is 0 Å². The van der Waals surface area contributed by atoms with Gasteiger partial charge in [-0.05, 0) is 48.6 Å². The van der Waals surface area contributed by atoms with Crippen molar-refractivity contribution in [1.29, 1.82) is 0 Å². The van der Waals surface area contributed by atoms with Crippen molar-refractivity contribution in [1.82, 2.24) is 10.3 Å². The quantitative estimate of drug-likeness (QED) is 0.702. The molecule has 1 unspecified atom stereocenters. The van der Waals surface area contributed by atoms with Crippen molar-refractivity contribution in [2.24, 2.45) is 5.92 Å². The molecule has 8 heteroatoms. The van der Waals surface area contributed by atoms with Gasteiger partial charge in [-0.2, -0.15) is 13.2 Å². The van der Waals surface area contributed by atoms with E-state index in [0.717, 1.165) is 48.2 Å². The number of carbonyl (C=O) groups is 1. The Morgan fingerprint density at radius 3 is 2.48 bits per heavy atom. The van der Waals surface area contributed by atoms with Crippen molar-refractivity contribution in [2.45, 2.75) is 30.1 Å². The van der Waals surface area contributed by atoms with E-state index in [1.54, 1.807) is 7.11 Å². The number of nitrogens with one attached hydrogen (secondary N) is 1. The molecular weight excluding hydrogens is 377 g/mol. The smallest absolute Gasteiger partial charge is 0.417 e. The second-order valence-corrected chi connectivity index (χ2v) is 7.32. The maximum absolute atomic E-state index is 12.5. The lowest BCUT2D eigenvalue weighted by Gasteiger charge is -2.19. The topological polar surface area (TPSA) is 51.2 Å². The number of ether oxygens (including phenoxy) is 1. The Morgan fingerprint density at radius 1 is 1.26 bits per heavy atom. The molecule has 0 aliphatic heterocycles. The van der Waals surface area contributed by atoms with E-state index in [-0.39, 0.29) is 17.7 Å². The summed E-state index contributed by atoms with van der Waals surface area (Å²) in [5, 5.41) is 3.41. The first-order valence-electron chi connectivity index (χ1n) is 8.46. The Hall–Kier alpha value is -2.22. The molecule has 1 fully saturated rings. The second-order valence-electron chi connectivity index (χ2n) is 6.33. The van der Waals surface area contributed by atoms with Gasteiger partial charge in [-0.3, -0.25) is 4.79 Å². The minimum atomic E-state index is -4.41.